The van der Waals surface area contributed by atoms with Crippen molar-refractivity contribution in [3.8, 4) is 38.5 Å². The van der Waals surface area contributed by atoms with Gasteiger partial charge in [0.1, 0.15) is 0 Å². The zero-order valence-electron chi connectivity index (χ0n) is 35.5. The highest BCUT2D eigenvalue weighted by Crippen LogP contribution is 2.89. The molecule has 8 aliphatic rings. The number of aliphatic hydroxyl groups excluding tert-OH is 1. The molecule has 2 heterocycles. The maximum absolute atomic E-state index is 12.0. The highest BCUT2D eigenvalue weighted by Gasteiger charge is 2.84. The molecule has 2 spiro atoms. The molecule has 2 aliphatic heterocycles. The Labute approximate surface area is 334 Å². The number of hydrogen-bond acceptors (Lipinski definition) is 8. The topological polar surface area (TPSA) is 97.7 Å². The number of fused-ring (bicyclic) bond motifs is 4. The molecule has 0 aromatic heterocycles. The lowest BCUT2D eigenvalue weighted by molar-refractivity contribution is -0.247. The number of carbonyl (C=O) groups excluding carboxylic acids is 1. The molecule has 55 heavy (non-hydrogen) atoms. The Hall–Kier alpha value is -2.09. The predicted octanol–water partition coefficient (Wildman–Crippen LogP) is 7.48. The van der Waals surface area contributed by atoms with Gasteiger partial charge < -0.3 is 29.2 Å². The lowest BCUT2D eigenvalue weighted by atomic mass is 9.46. The van der Waals surface area contributed by atoms with E-state index in [0.29, 0.717) is 34.0 Å². The van der Waals surface area contributed by atoms with E-state index in [2.05, 4.69) is 71.1 Å². The number of esters is 1. The van der Waals surface area contributed by atoms with E-state index in [4.69, 9.17) is 24.1 Å². The molecule has 13 atom stereocenters. The molecule has 6 saturated carbocycles. The highest BCUT2D eigenvalue weighted by atomic mass is 16.7. The first-order valence-corrected chi connectivity index (χ1v) is 21.2. The molecule has 8 rings (SSSR count). The second kappa shape index (κ2) is 17.8. The van der Waals surface area contributed by atoms with Gasteiger partial charge in [-0.1, -0.05) is 40.5 Å². The molecule has 0 aromatic rings. The third-order valence-electron chi connectivity index (χ3n) is 16.8. The summed E-state index contributed by atoms with van der Waals surface area (Å²) in [6.07, 6.45) is 39.9. The number of terminal acetylenes is 3. The van der Waals surface area contributed by atoms with E-state index in [-0.39, 0.29) is 36.0 Å². The van der Waals surface area contributed by atoms with Crippen LogP contribution in [-0.2, 0) is 23.7 Å². The van der Waals surface area contributed by atoms with E-state index in [0.717, 1.165) is 70.4 Å². The number of morpholine rings is 1. The van der Waals surface area contributed by atoms with Gasteiger partial charge in [0.25, 0.3) is 0 Å². The molecule has 0 amide bonds. The number of nitrogens with zero attached hydrogens (tertiary/aromatic N) is 1. The molecular weight excluding hydrogens is 691 g/mol. The van der Waals surface area contributed by atoms with Gasteiger partial charge in [0, 0.05) is 33.2 Å². The minimum Gasteiger partial charge on any atom is -0.457 e. The number of aliphatic hydroxyl groups is 2. The fourth-order valence-electron chi connectivity index (χ4n) is 14.8. The smallest absolute Gasteiger partial charge is 0.303 e. The van der Waals surface area contributed by atoms with Crippen LogP contribution in [0.4, 0.5) is 0 Å². The summed E-state index contributed by atoms with van der Waals surface area (Å²) in [6, 6.07) is 0.736. The quantitative estimate of drug-likeness (QED) is 0.212. The Morgan fingerprint density at radius 2 is 1.49 bits per heavy atom. The fraction of sp³-hybridized carbons (Fsp3) is 0.851. The van der Waals surface area contributed by atoms with Crippen molar-refractivity contribution < 1.29 is 34.0 Å². The number of hydrogen-bond donors (Lipinski definition) is 2. The predicted molar refractivity (Wildman–Crippen MR) is 218 cm³/mol. The summed E-state index contributed by atoms with van der Waals surface area (Å²) >= 11 is 0. The highest BCUT2D eigenvalue weighted by molar-refractivity contribution is 5.66. The third-order valence-corrected chi connectivity index (χ3v) is 16.8. The van der Waals surface area contributed by atoms with Gasteiger partial charge in [-0.3, -0.25) is 9.69 Å². The van der Waals surface area contributed by atoms with Crippen LogP contribution in [-0.4, -0.2) is 90.2 Å². The van der Waals surface area contributed by atoms with E-state index >= 15 is 0 Å². The van der Waals surface area contributed by atoms with Gasteiger partial charge in [-0.2, -0.15) is 0 Å². The van der Waals surface area contributed by atoms with Gasteiger partial charge in [-0.05, 0) is 136 Å². The van der Waals surface area contributed by atoms with Crippen LogP contribution in [0.25, 0.3) is 0 Å². The molecule has 0 aromatic carbocycles. The first-order valence-electron chi connectivity index (χ1n) is 21.2. The van der Waals surface area contributed by atoms with Crippen molar-refractivity contribution in [2.75, 3.05) is 26.8 Å². The second-order valence-corrected chi connectivity index (χ2v) is 19.2. The molecular formula is C47H75NO7. The summed E-state index contributed by atoms with van der Waals surface area (Å²) in [5.74, 6) is 3.16. The Morgan fingerprint density at radius 3 is 2.11 bits per heavy atom. The van der Waals surface area contributed by atoms with Gasteiger partial charge in [-0.25, -0.2) is 0 Å². The van der Waals surface area contributed by atoms with Crippen LogP contribution in [0.1, 0.15) is 132 Å². The van der Waals surface area contributed by atoms with Crippen LogP contribution >= 0.6 is 0 Å². The van der Waals surface area contributed by atoms with Gasteiger partial charge >= 0.3 is 5.97 Å². The van der Waals surface area contributed by atoms with Crippen molar-refractivity contribution >= 4 is 5.97 Å². The van der Waals surface area contributed by atoms with Crippen molar-refractivity contribution in [3.05, 3.63) is 0 Å². The largest absolute Gasteiger partial charge is 0.457 e. The first kappa shape index (κ1) is 45.6. The molecule has 8 nitrogen and oxygen atoms in total. The monoisotopic (exact) mass is 766 g/mol. The summed E-state index contributed by atoms with van der Waals surface area (Å²) in [4.78, 5) is 14.7. The zero-order chi connectivity index (χ0) is 41.1. The summed E-state index contributed by atoms with van der Waals surface area (Å²) in [5.41, 5.74) is 0.229. The SMILES string of the molecule is C#C.C#C.C#C.CC(=O)O[C@@H]([C@H]1CCC2C(CC3[C@@H]4CCC5C(C)(C)[C@@H](OC6CN(C7CCCC7)CCO6)CCC56[C@@H](C)[C@@]46CC[C@]23C)O1)C(C)(C)O.CO. The number of rotatable bonds is 6. The molecule has 6 unspecified atom stereocenters. The van der Waals surface area contributed by atoms with Crippen molar-refractivity contribution in [1.82, 2.24) is 4.90 Å². The average molecular weight is 766 g/mol. The molecule has 310 valence electrons. The lowest BCUT2D eigenvalue weighted by Gasteiger charge is -2.60. The molecule has 8 fully saturated rings. The third kappa shape index (κ3) is 7.55. The standard InChI is InChI=1S/C40H65NO6.3C2H2.CH4O/c1-24-39-19-18-38(7)28-12-14-30(35(37(5,6)43)45-25(2)42)46-31(28)22-29(38)27(39)13-15-32-36(3,4)33(16-17-40(24,32)39)47-34-23-41(20-21-44-34)26-10-8-9-11-26;4*1-2/h24,26-35,43H,8-23H2,1-7H3;3*1-2H;2H,1H3/t24-,27-,28?,29?,30+,31?,32?,33-,34?,35-,38+,39-,40?;;;;/m0..../s1. The van der Waals surface area contributed by atoms with Crippen molar-refractivity contribution in [3.63, 3.8) is 0 Å². The Balaban J connectivity index is 0.000000792. The van der Waals surface area contributed by atoms with Crippen LogP contribution in [0.15, 0.2) is 0 Å². The molecule has 0 radical (unpaired) electrons. The zero-order valence-corrected chi connectivity index (χ0v) is 35.5. The van der Waals surface area contributed by atoms with Crippen LogP contribution in [0, 0.1) is 89.8 Å². The maximum atomic E-state index is 12.0. The summed E-state index contributed by atoms with van der Waals surface area (Å²) in [5, 5.41) is 17.9. The lowest BCUT2D eigenvalue weighted by Crippen LogP contribution is -2.56. The van der Waals surface area contributed by atoms with Gasteiger partial charge in [0.05, 0.1) is 30.5 Å². The van der Waals surface area contributed by atoms with Gasteiger partial charge in [-0.15, -0.1) is 38.5 Å². The van der Waals surface area contributed by atoms with Crippen LogP contribution in [0.2, 0.25) is 0 Å². The Morgan fingerprint density at radius 1 is 0.855 bits per heavy atom. The minimum atomic E-state index is -1.13. The molecule has 0 bridgehead atoms. The van der Waals surface area contributed by atoms with Crippen LogP contribution < -0.4 is 0 Å². The maximum Gasteiger partial charge on any atom is 0.303 e. The average Bonchev–Trinajstić information content (AvgIpc) is 3.55. The minimum absolute atomic E-state index is 0.0810. The first-order chi connectivity index (χ1) is 26.2. The summed E-state index contributed by atoms with van der Waals surface area (Å²) in [7, 11) is 1.00. The fourth-order valence-corrected chi connectivity index (χ4v) is 14.8. The summed E-state index contributed by atoms with van der Waals surface area (Å²) < 4.78 is 25.9. The van der Waals surface area contributed by atoms with E-state index < -0.39 is 11.7 Å². The van der Waals surface area contributed by atoms with Crippen molar-refractivity contribution in [2.24, 2.45) is 51.2 Å². The molecule has 2 saturated heterocycles. The molecule has 2 N–H and O–H groups in total. The van der Waals surface area contributed by atoms with Crippen molar-refractivity contribution in [2.45, 2.75) is 174 Å². The van der Waals surface area contributed by atoms with E-state index in [1.165, 1.54) is 64.7 Å². The number of ether oxygens (including phenoxy) is 4. The Kier molecular flexibility index (Phi) is 14.8. The molecule has 8 heteroatoms. The van der Waals surface area contributed by atoms with Crippen LogP contribution in [0.3, 0.4) is 0 Å². The normalized spacial score (nSPS) is 42.9. The Bertz CT molecular complexity index is 1330. The van der Waals surface area contributed by atoms with E-state index in [1.54, 1.807) is 13.8 Å². The van der Waals surface area contributed by atoms with E-state index in [1.807, 2.05) is 0 Å². The molecule has 6 aliphatic carbocycles. The second-order valence-electron chi connectivity index (χ2n) is 19.2. The number of carbonyl (C=O) groups is 1. The van der Waals surface area contributed by atoms with Gasteiger partial charge in [0.2, 0.25) is 0 Å². The van der Waals surface area contributed by atoms with Crippen molar-refractivity contribution in [1.29, 1.82) is 0 Å². The summed E-state index contributed by atoms with van der Waals surface area (Å²) in [6.45, 7) is 18.1. The van der Waals surface area contributed by atoms with Crippen LogP contribution in [0.5, 0.6) is 0 Å². The van der Waals surface area contributed by atoms with E-state index in [9.17, 15) is 9.90 Å². The van der Waals surface area contributed by atoms with Gasteiger partial charge in [0.15, 0.2) is 12.4 Å².